The molecule has 1 aliphatic rings. The van der Waals surface area contributed by atoms with Crippen molar-refractivity contribution in [3.05, 3.63) is 30.0 Å². The normalized spacial score (nSPS) is 14.2. The fourth-order valence-corrected chi connectivity index (χ4v) is 4.06. The molecule has 1 atom stereocenters. The molecule has 1 aromatic heterocycles. The summed E-state index contributed by atoms with van der Waals surface area (Å²) in [5.74, 6) is -0.544. The third-order valence-corrected chi connectivity index (χ3v) is 5.71. The van der Waals surface area contributed by atoms with Crippen LogP contribution in [0.5, 0.6) is 11.5 Å². The van der Waals surface area contributed by atoms with E-state index in [-0.39, 0.29) is 10.7 Å². The van der Waals surface area contributed by atoms with Crippen LogP contribution in [0.1, 0.15) is 19.6 Å². The van der Waals surface area contributed by atoms with Crippen molar-refractivity contribution >= 4 is 27.7 Å². The summed E-state index contributed by atoms with van der Waals surface area (Å²) in [4.78, 5) is 24.3. The average Bonchev–Trinajstić information content (AvgIpc) is 3.14. The minimum absolute atomic E-state index is 0.0886. The topological polar surface area (TPSA) is 146 Å². The Kier molecular flexibility index (Phi) is 6.81. The van der Waals surface area contributed by atoms with Crippen LogP contribution in [-0.4, -0.2) is 51.3 Å². The lowest BCUT2D eigenvalue weighted by molar-refractivity contribution is -0.150. The summed E-state index contributed by atoms with van der Waals surface area (Å²) in [6.07, 6.45) is 0. The van der Waals surface area contributed by atoms with Gasteiger partial charge < -0.3 is 24.1 Å². The van der Waals surface area contributed by atoms with E-state index in [1.807, 2.05) is 0 Å². The van der Waals surface area contributed by atoms with Gasteiger partial charge in [0.2, 0.25) is 10.0 Å². The number of aryl methyl sites for hydroxylation is 1. The van der Waals surface area contributed by atoms with Gasteiger partial charge in [0.1, 0.15) is 25.0 Å². The van der Waals surface area contributed by atoms with Gasteiger partial charge in [0.25, 0.3) is 5.91 Å². The number of carbonyl (C=O) groups is 2. The van der Waals surface area contributed by atoms with Crippen LogP contribution in [0, 0.1) is 12.8 Å². The van der Waals surface area contributed by atoms with E-state index < -0.39 is 40.5 Å². The van der Waals surface area contributed by atoms with Crippen LogP contribution in [0.25, 0.3) is 0 Å². The van der Waals surface area contributed by atoms with E-state index >= 15 is 0 Å². The highest BCUT2D eigenvalue weighted by Crippen LogP contribution is 2.32. The van der Waals surface area contributed by atoms with Gasteiger partial charge in [-0.05, 0) is 25.0 Å². The quantitative estimate of drug-likeness (QED) is 0.564. The third-order valence-electron chi connectivity index (χ3n) is 4.27. The number of benzene rings is 1. The summed E-state index contributed by atoms with van der Waals surface area (Å²) >= 11 is 0. The molecule has 2 N–H and O–H groups in total. The van der Waals surface area contributed by atoms with E-state index in [1.165, 1.54) is 24.3 Å². The molecular weight excluding hydrogens is 430 g/mol. The van der Waals surface area contributed by atoms with Crippen molar-refractivity contribution in [2.45, 2.75) is 31.7 Å². The van der Waals surface area contributed by atoms with Crippen molar-refractivity contribution < 1.29 is 36.7 Å². The standard InChI is InChI=1S/C19H23N3O8S/c1-11(2)18(19(24)29-10-17(23)20-16-8-12(3)30-21-16)22-31(25,26)13-4-5-14-15(9-13)28-7-6-27-14/h4-5,8-9,11,18,22H,6-7,10H2,1-3H3,(H,20,21,23)/t18-/m0/s1. The van der Waals surface area contributed by atoms with E-state index in [0.717, 1.165) is 0 Å². The fourth-order valence-electron chi connectivity index (χ4n) is 2.71. The summed E-state index contributed by atoms with van der Waals surface area (Å²) in [5.41, 5.74) is 0. The number of rotatable bonds is 8. The third kappa shape index (κ3) is 5.73. The molecule has 12 heteroatoms. The molecule has 168 valence electrons. The van der Waals surface area contributed by atoms with Gasteiger partial charge in [-0.25, -0.2) is 8.42 Å². The zero-order valence-electron chi connectivity index (χ0n) is 17.2. The van der Waals surface area contributed by atoms with Crippen LogP contribution in [0.4, 0.5) is 5.82 Å². The number of ether oxygens (including phenoxy) is 3. The summed E-state index contributed by atoms with van der Waals surface area (Å²) in [6, 6.07) is 4.46. The average molecular weight is 453 g/mol. The highest BCUT2D eigenvalue weighted by atomic mass is 32.2. The number of nitrogens with one attached hydrogen (secondary N) is 2. The zero-order valence-corrected chi connectivity index (χ0v) is 18.0. The molecule has 3 rings (SSSR count). The Bertz CT molecular complexity index is 1060. The molecule has 31 heavy (non-hydrogen) atoms. The monoisotopic (exact) mass is 453 g/mol. The van der Waals surface area contributed by atoms with Gasteiger partial charge in [-0.3, -0.25) is 9.59 Å². The molecule has 0 saturated heterocycles. The number of amides is 1. The predicted molar refractivity (Wildman–Crippen MR) is 107 cm³/mol. The number of hydrogen-bond acceptors (Lipinski definition) is 9. The highest BCUT2D eigenvalue weighted by Gasteiger charge is 2.31. The maximum absolute atomic E-state index is 12.8. The second-order valence-corrected chi connectivity index (χ2v) is 8.84. The molecule has 2 aromatic rings. The first-order chi connectivity index (χ1) is 14.7. The number of carbonyl (C=O) groups excluding carboxylic acids is 2. The summed E-state index contributed by atoms with van der Waals surface area (Å²) in [6.45, 7) is 5.03. The first kappa shape index (κ1) is 22.6. The molecule has 1 amide bonds. The van der Waals surface area contributed by atoms with Crippen LogP contribution < -0.4 is 19.5 Å². The maximum atomic E-state index is 12.8. The van der Waals surface area contributed by atoms with Crippen LogP contribution in [-0.2, 0) is 24.3 Å². The molecular formula is C19H23N3O8S. The fraction of sp³-hybridized carbons (Fsp3) is 0.421. The highest BCUT2D eigenvalue weighted by molar-refractivity contribution is 7.89. The van der Waals surface area contributed by atoms with Crippen LogP contribution in [0.15, 0.2) is 33.7 Å². The van der Waals surface area contributed by atoms with Crippen molar-refractivity contribution in [2.24, 2.45) is 5.92 Å². The SMILES string of the molecule is Cc1cc(NC(=O)COC(=O)[C@@H](NS(=O)(=O)c2ccc3c(c2)OCCO3)C(C)C)no1. The van der Waals surface area contributed by atoms with Crippen LogP contribution in [0.3, 0.4) is 0 Å². The van der Waals surface area contributed by atoms with E-state index in [2.05, 4.69) is 15.2 Å². The van der Waals surface area contributed by atoms with Gasteiger partial charge >= 0.3 is 5.97 Å². The number of aromatic nitrogens is 1. The molecule has 11 nitrogen and oxygen atoms in total. The van der Waals surface area contributed by atoms with Gasteiger partial charge in [0.15, 0.2) is 23.9 Å². The van der Waals surface area contributed by atoms with Gasteiger partial charge in [0, 0.05) is 12.1 Å². The molecule has 0 fully saturated rings. The second-order valence-electron chi connectivity index (χ2n) is 7.13. The predicted octanol–water partition coefficient (Wildman–Crippen LogP) is 1.24. The lowest BCUT2D eigenvalue weighted by Crippen LogP contribution is -2.45. The molecule has 2 heterocycles. The van der Waals surface area contributed by atoms with Gasteiger partial charge in [-0.1, -0.05) is 19.0 Å². The van der Waals surface area contributed by atoms with Gasteiger partial charge in [0.05, 0.1) is 4.90 Å². The van der Waals surface area contributed by atoms with Crippen molar-refractivity contribution in [3.8, 4) is 11.5 Å². The van der Waals surface area contributed by atoms with Crippen LogP contribution >= 0.6 is 0 Å². The maximum Gasteiger partial charge on any atom is 0.324 e. The molecule has 0 aliphatic carbocycles. The first-order valence-electron chi connectivity index (χ1n) is 9.47. The molecule has 0 saturated carbocycles. The van der Waals surface area contributed by atoms with E-state index in [4.69, 9.17) is 18.7 Å². The van der Waals surface area contributed by atoms with E-state index in [1.54, 1.807) is 20.8 Å². The molecule has 1 aromatic carbocycles. The number of anilines is 1. The largest absolute Gasteiger partial charge is 0.486 e. The molecule has 0 bridgehead atoms. The minimum atomic E-state index is -4.08. The van der Waals surface area contributed by atoms with Gasteiger partial charge in [-0.2, -0.15) is 4.72 Å². The van der Waals surface area contributed by atoms with Crippen molar-refractivity contribution in [1.29, 1.82) is 0 Å². The second kappa shape index (κ2) is 9.35. The number of sulfonamides is 1. The summed E-state index contributed by atoms with van der Waals surface area (Å²) in [5, 5.41) is 6.00. The first-order valence-corrected chi connectivity index (χ1v) is 11.0. The number of fused-ring (bicyclic) bond motifs is 1. The Morgan fingerprint density at radius 1 is 1.16 bits per heavy atom. The lowest BCUT2D eigenvalue weighted by atomic mass is 10.1. The van der Waals surface area contributed by atoms with Crippen molar-refractivity contribution in [3.63, 3.8) is 0 Å². The number of hydrogen-bond donors (Lipinski definition) is 2. The molecule has 1 aliphatic heterocycles. The van der Waals surface area contributed by atoms with Crippen molar-refractivity contribution in [2.75, 3.05) is 25.1 Å². The Labute approximate surface area is 179 Å². The molecule has 0 spiro atoms. The molecule has 0 radical (unpaired) electrons. The number of nitrogens with zero attached hydrogens (tertiary/aromatic N) is 1. The Balaban J connectivity index is 1.64. The Morgan fingerprint density at radius 2 is 1.87 bits per heavy atom. The smallest absolute Gasteiger partial charge is 0.324 e. The number of esters is 1. The summed E-state index contributed by atoms with van der Waals surface area (Å²) in [7, 11) is -4.08. The minimum Gasteiger partial charge on any atom is -0.486 e. The van der Waals surface area contributed by atoms with Gasteiger partial charge in [-0.15, -0.1) is 0 Å². The lowest BCUT2D eigenvalue weighted by Gasteiger charge is -2.22. The Hall–Kier alpha value is -3.12. The van der Waals surface area contributed by atoms with Crippen LogP contribution in [0.2, 0.25) is 0 Å². The van der Waals surface area contributed by atoms with E-state index in [9.17, 15) is 18.0 Å². The Morgan fingerprint density at radius 3 is 2.52 bits per heavy atom. The van der Waals surface area contributed by atoms with Crippen molar-refractivity contribution in [1.82, 2.24) is 9.88 Å². The van der Waals surface area contributed by atoms with E-state index in [0.29, 0.717) is 30.5 Å². The zero-order chi connectivity index (χ0) is 22.6. The summed E-state index contributed by atoms with van der Waals surface area (Å²) < 4.78 is 48.6. The molecule has 0 unspecified atom stereocenters.